The van der Waals surface area contributed by atoms with E-state index in [9.17, 15) is 10.2 Å². The van der Waals surface area contributed by atoms with Gasteiger partial charge in [-0.2, -0.15) is 0 Å². The monoisotopic (exact) mass is 177 g/mol. The molecule has 4 N–H and O–H groups in total. The second-order valence-corrected chi connectivity index (χ2v) is 3.01. The van der Waals surface area contributed by atoms with E-state index in [4.69, 9.17) is 14.9 Å². The molecule has 1 fully saturated rings. The molecule has 1 aliphatic heterocycles. The average molecular weight is 177 g/mol. The Morgan fingerprint density at radius 3 is 2.58 bits per heavy atom. The summed E-state index contributed by atoms with van der Waals surface area (Å²) >= 11 is 0. The number of hydrogen-bond donors (Lipinski definition) is 4. The summed E-state index contributed by atoms with van der Waals surface area (Å²) in [6, 6.07) is 0. The largest absolute Gasteiger partial charge is 0.394 e. The van der Waals surface area contributed by atoms with E-state index < -0.39 is 30.5 Å². The van der Waals surface area contributed by atoms with Crippen molar-refractivity contribution in [3.8, 4) is 0 Å². The zero-order valence-electron chi connectivity index (χ0n) is 6.55. The highest BCUT2D eigenvalue weighted by atomic mass is 16.5. The van der Waals surface area contributed by atoms with E-state index in [0.29, 0.717) is 0 Å². The van der Waals surface area contributed by atoms with Crippen LogP contribution in [0.1, 0.15) is 0 Å². The maximum absolute atomic E-state index is 9.47. The molecule has 0 aliphatic carbocycles. The molecule has 0 unspecified atom stereocenters. The molecule has 1 aliphatic rings. The van der Waals surface area contributed by atoms with Gasteiger partial charge in [0.1, 0.15) is 23.9 Å². The first kappa shape index (κ1) is 9.88. The molecule has 1 radical (unpaired) electrons. The van der Waals surface area contributed by atoms with Crippen LogP contribution in [0.25, 0.3) is 0 Å². The van der Waals surface area contributed by atoms with Gasteiger partial charge in [0, 0.05) is 0 Å². The summed E-state index contributed by atoms with van der Waals surface area (Å²) in [7, 11) is 0. The fraction of sp³-hybridized carbons (Fsp3) is 0.857. The predicted octanol–water partition coefficient (Wildman–Crippen LogP) is -2.34. The van der Waals surface area contributed by atoms with E-state index in [1.165, 1.54) is 0 Å². The van der Waals surface area contributed by atoms with Gasteiger partial charge in [-0.25, -0.2) is 0 Å². The minimum Gasteiger partial charge on any atom is -0.394 e. The predicted molar refractivity (Wildman–Crippen MR) is 39.1 cm³/mol. The fourth-order valence-corrected chi connectivity index (χ4v) is 1.18. The van der Waals surface area contributed by atoms with Gasteiger partial charge in [0.2, 0.25) is 0 Å². The van der Waals surface area contributed by atoms with Gasteiger partial charge in [-0.05, 0) is 6.92 Å². The Morgan fingerprint density at radius 1 is 1.50 bits per heavy atom. The Morgan fingerprint density at radius 2 is 2.08 bits per heavy atom. The van der Waals surface area contributed by atoms with Gasteiger partial charge >= 0.3 is 0 Å². The summed E-state index contributed by atoms with van der Waals surface area (Å²) < 4.78 is 4.85. The summed E-state index contributed by atoms with van der Waals surface area (Å²) in [4.78, 5) is 0. The molecule has 5 heteroatoms. The highest BCUT2D eigenvalue weighted by molar-refractivity contribution is 5.02. The molecule has 0 aromatic heterocycles. The van der Waals surface area contributed by atoms with Gasteiger partial charge in [0.05, 0.1) is 13.2 Å². The van der Waals surface area contributed by atoms with Crippen LogP contribution in [0.5, 0.6) is 0 Å². The Hall–Kier alpha value is -0.200. The van der Waals surface area contributed by atoms with Crippen molar-refractivity contribution in [2.75, 3.05) is 13.2 Å². The SMILES string of the molecule is [CH2][C@]1(O)[C@H](O)[C@@H](O)CO[C@@H]1CO. The van der Waals surface area contributed by atoms with E-state index in [-0.39, 0.29) is 6.61 Å². The Kier molecular flexibility index (Phi) is 2.70. The Balaban J connectivity index is 2.73. The maximum Gasteiger partial charge on any atom is 0.121 e. The highest BCUT2D eigenvalue weighted by Crippen LogP contribution is 2.25. The van der Waals surface area contributed by atoms with Crippen molar-refractivity contribution < 1.29 is 25.2 Å². The lowest BCUT2D eigenvalue weighted by molar-refractivity contribution is -0.230. The van der Waals surface area contributed by atoms with Gasteiger partial charge in [-0.3, -0.25) is 0 Å². The van der Waals surface area contributed by atoms with Gasteiger partial charge in [0.15, 0.2) is 0 Å². The van der Waals surface area contributed by atoms with Crippen LogP contribution in [-0.4, -0.2) is 57.6 Å². The molecule has 12 heavy (non-hydrogen) atoms. The van der Waals surface area contributed by atoms with Crippen molar-refractivity contribution in [3.63, 3.8) is 0 Å². The Bertz CT molecular complexity index is 154. The van der Waals surface area contributed by atoms with E-state index in [2.05, 4.69) is 6.92 Å². The lowest BCUT2D eigenvalue weighted by Crippen LogP contribution is -2.62. The standard InChI is InChI=1S/C7H13O5/c1-7(11)5(2-8)12-3-4(9)6(7)10/h4-6,8-11H,1-3H2/t4-,5+,6+,7+/m0/s1. The molecule has 0 bridgehead atoms. The minimum atomic E-state index is -1.84. The molecular formula is C7H13O5. The van der Waals surface area contributed by atoms with E-state index in [1.807, 2.05) is 0 Å². The summed E-state index contributed by atoms with van der Waals surface area (Å²) in [5.74, 6) is 0. The third kappa shape index (κ3) is 1.46. The maximum atomic E-state index is 9.47. The molecule has 0 spiro atoms. The molecule has 71 valence electrons. The third-order valence-corrected chi connectivity index (χ3v) is 2.07. The molecule has 0 aromatic carbocycles. The van der Waals surface area contributed by atoms with Crippen LogP contribution in [0.4, 0.5) is 0 Å². The second-order valence-electron chi connectivity index (χ2n) is 3.01. The van der Waals surface area contributed by atoms with Crippen LogP contribution in [-0.2, 0) is 4.74 Å². The van der Waals surface area contributed by atoms with Crippen molar-refractivity contribution >= 4 is 0 Å². The molecule has 1 saturated heterocycles. The zero-order valence-corrected chi connectivity index (χ0v) is 6.55. The molecule has 0 amide bonds. The molecule has 5 nitrogen and oxygen atoms in total. The smallest absolute Gasteiger partial charge is 0.121 e. The summed E-state index contributed by atoms with van der Waals surface area (Å²) in [5.41, 5.74) is -1.84. The van der Waals surface area contributed by atoms with Crippen LogP contribution in [0.15, 0.2) is 0 Å². The van der Waals surface area contributed by atoms with Crippen molar-refractivity contribution in [1.82, 2.24) is 0 Å². The molecule has 1 heterocycles. The van der Waals surface area contributed by atoms with Crippen molar-refractivity contribution in [2.24, 2.45) is 0 Å². The zero-order chi connectivity index (χ0) is 9.35. The summed E-state index contributed by atoms with van der Waals surface area (Å²) in [6.07, 6.45) is -3.49. The number of hydrogen-bond acceptors (Lipinski definition) is 5. The van der Waals surface area contributed by atoms with E-state index >= 15 is 0 Å². The summed E-state index contributed by atoms with van der Waals surface area (Å²) in [6.45, 7) is 2.73. The van der Waals surface area contributed by atoms with Gasteiger partial charge in [-0.1, -0.05) is 0 Å². The molecule has 0 saturated carbocycles. The van der Waals surface area contributed by atoms with Crippen molar-refractivity contribution in [1.29, 1.82) is 0 Å². The number of rotatable bonds is 1. The second kappa shape index (κ2) is 3.27. The van der Waals surface area contributed by atoms with E-state index in [0.717, 1.165) is 0 Å². The number of aliphatic hydroxyl groups excluding tert-OH is 3. The highest BCUT2D eigenvalue weighted by Gasteiger charge is 2.47. The molecular weight excluding hydrogens is 164 g/mol. The molecule has 1 rings (SSSR count). The quantitative estimate of drug-likeness (QED) is 0.360. The lowest BCUT2D eigenvalue weighted by Gasteiger charge is -2.42. The van der Waals surface area contributed by atoms with Crippen LogP contribution in [0.3, 0.4) is 0 Å². The summed E-state index contributed by atoms with van der Waals surface area (Å²) in [5, 5.41) is 36.5. The van der Waals surface area contributed by atoms with Gasteiger partial charge in [0.25, 0.3) is 0 Å². The minimum absolute atomic E-state index is 0.107. The normalized spacial score (nSPS) is 49.2. The van der Waals surface area contributed by atoms with E-state index in [1.54, 1.807) is 0 Å². The first-order valence-corrected chi connectivity index (χ1v) is 3.66. The third-order valence-electron chi connectivity index (χ3n) is 2.07. The first-order valence-electron chi connectivity index (χ1n) is 3.66. The van der Waals surface area contributed by atoms with Gasteiger partial charge in [-0.15, -0.1) is 0 Å². The molecule has 4 atom stereocenters. The van der Waals surface area contributed by atoms with Crippen LogP contribution < -0.4 is 0 Å². The fourth-order valence-electron chi connectivity index (χ4n) is 1.18. The molecule has 0 aromatic rings. The van der Waals surface area contributed by atoms with Crippen molar-refractivity contribution in [2.45, 2.75) is 23.9 Å². The number of aliphatic hydroxyl groups is 4. The Labute approximate surface area is 70.2 Å². The van der Waals surface area contributed by atoms with Gasteiger partial charge < -0.3 is 25.2 Å². The first-order chi connectivity index (χ1) is 5.50. The van der Waals surface area contributed by atoms with Crippen molar-refractivity contribution in [3.05, 3.63) is 6.92 Å². The number of ether oxygens (including phenoxy) is 1. The van der Waals surface area contributed by atoms with Crippen LogP contribution in [0, 0.1) is 6.92 Å². The lowest BCUT2D eigenvalue weighted by atomic mass is 9.87. The van der Waals surface area contributed by atoms with Crippen LogP contribution in [0.2, 0.25) is 0 Å². The van der Waals surface area contributed by atoms with Crippen LogP contribution >= 0.6 is 0 Å². The topological polar surface area (TPSA) is 90.2 Å². The average Bonchev–Trinajstić information content (AvgIpc) is 2.01.